The first kappa shape index (κ1) is 5.82. The van der Waals surface area contributed by atoms with Crippen molar-refractivity contribution in [2.75, 3.05) is 20.2 Å². The summed E-state index contributed by atoms with van der Waals surface area (Å²) < 4.78 is 5.05. The molecule has 0 aliphatic carbocycles. The van der Waals surface area contributed by atoms with E-state index in [4.69, 9.17) is 17.0 Å². The van der Waals surface area contributed by atoms with Crippen molar-refractivity contribution >= 4 is 17.4 Å². The number of thiocarbonyl (C=S) groups is 1. The molecule has 1 saturated heterocycles. The highest BCUT2D eigenvalue weighted by Gasteiger charge is 2.09. The van der Waals surface area contributed by atoms with Gasteiger partial charge in [-0.2, -0.15) is 0 Å². The summed E-state index contributed by atoms with van der Waals surface area (Å²) in [6.07, 6.45) is 1.09. The molecular weight excluding hydrogens is 122 g/mol. The Morgan fingerprint density at radius 3 is 2.88 bits per heavy atom. The first-order valence-corrected chi connectivity index (χ1v) is 3.09. The van der Waals surface area contributed by atoms with Crippen LogP contribution in [0.5, 0.6) is 0 Å². The van der Waals surface area contributed by atoms with E-state index in [1.807, 2.05) is 11.9 Å². The lowest BCUT2D eigenvalue weighted by Crippen LogP contribution is -2.33. The van der Waals surface area contributed by atoms with Crippen molar-refractivity contribution in [2.24, 2.45) is 0 Å². The van der Waals surface area contributed by atoms with E-state index < -0.39 is 0 Å². The zero-order chi connectivity index (χ0) is 5.98. The van der Waals surface area contributed by atoms with Crippen LogP contribution in [0.25, 0.3) is 0 Å². The largest absolute Gasteiger partial charge is 0.471 e. The lowest BCUT2D eigenvalue weighted by molar-refractivity contribution is 0.202. The number of nitrogens with zero attached hydrogens (tertiary/aromatic N) is 1. The van der Waals surface area contributed by atoms with Gasteiger partial charge in [-0.1, -0.05) is 0 Å². The Morgan fingerprint density at radius 2 is 2.50 bits per heavy atom. The highest BCUT2D eigenvalue weighted by molar-refractivity contribution is 7.80. The molecule has 0 radical (unpaired) electrons. The van der Waals surface area contributed by atoms with Gasteiger partial charge >= 0.3 is 0 Å². The van der Waals surface area contributed by atoms with Crippen molar-refractivity contribution in [2.45, 2.75) is 6.42 Å². The molecule has 1 rings (SSSR count). The molecule has 3 heteroatoms. The van der Waals surface area contributed by atoms with Gasteiger partial charge in [0, 0.05) is 13.6 Å². The molecule has 0 amide bonds. The van der Waals surface area contributed by atoms with Gasteiger partial charge in [0.05, 0.1) is 6.61 Å². The molecule has 1 heterocycles. The second kappa shape index (κ2) is 2.31. The Hall–Kier alpha value is -0.310. The van der Waals surface area contributed by atoms with Crippen LogP contribution in [-0.2, 0) is 4.74 Å². The number of hydrogen-bond donors (Lipinski definition) is 0. The summed E-state index contributed by atoms with van der Waals surface area (Å²) in [4.78, 5) is 1.94. The third kappa shape index (κ3) is 1.10. The normalized spacial score (nSPS) is 20.6. The van der Waals surface area contributed by atoms with Crippen LogP contribution in [0.1, 0.15) is 6.42 Å². The minimum Gasteiger partial charge on any atom is -0.471 e. The van der Waals surface area contributed by atoms with Crippen LogP contribution in [0.2, 0.25) is 0 Å². The molecule has 0 aromatic rings. The predicted molar refractivity (Wildman–Crippen MR) is 35.8 cm³/mol. The summed E-state index contributed by atoms with van der Waals surface area (Å²) in [7, 11) is 1.95. The fourth-order valence-corrected chi connectivity index (χ4v) is 0.837. The van der Waals surface area contributed by atoms with Crippen molar-refractivity contribution in [1.82, 2.24) is 4.90 Å². The van der Waals surface area contributed by atoms with Gasteiger partial charge in [-0.15, -0.1) is 0 Å². The third-order valence-corrected chi connectivity index (χ3v) is 1.60. The maximum Gasteiger partial charge on any atom is 0.259 e. The van der Waals surface area contributed by atoms with Gasteiger partial charge in [0.25, 0.3) is 5.17 Å². The number of hydrogen-bond acceptors (Lipinski definition) is 2. The number of rotatable bonds is 0. The number of ether oxygens (including phenoxy) is 1. The Morgan fingerprint density at radius 1 is 1.75 bits per heavy atom. The zero-order valence-electron chi connectivity index (χ0n) is 4.89. The standard InChI is InChI=1S/C5H9NOS/c1-6-3-2-4-7-5(6)8/h2-4H2,1H3. The molecule has 2 nitrogen and oxygen atoms in total. The molecule has 1 fully saturated rings. The van der Waals surface area contributed by atoms with E-state index in [1.165, 1.54) is 0 Å². The molecule has 0 aromatic heterocycles. The maximum atomic E-state index is 5.05. The minimum atomic E-state index is 0.635. The van der Waals surface area contributed by atoms with Crippen LogP contribution in [0.3, 0.4) is 0 Å². The van der Waals surface area contributed by atoms with Crippen LogP contribution in [-0.4, -0.2) is 30.3 Å². The molecule has 0 N–H and O–H groups in total. The van der Waals surface area contributed by atoms with Gasteiger partial charge in [0.2, 0.25) is 0 Å². The van der Waals surface area contributed by atoms with Gasteiger partial charge in [0.15, 0.2) is 0 Å². The van der Waals surface area contributed by atoms with Crippen molar-refractivity contribution in [3.05, 3.63) is 0 Å². The van der Waals surface area contributed by atoms with Crippen LogP contribution < -0.4 is 0 Å². The Balaban J connectivity index is 2.39. The summed E-state index contributed by atoms with van der Waals surface area (Å²) in [6, 6.07) is 0. The summed E-state index contributed by atoms with van der Waals surface area (Å²) >= 11 is 4.83. The molecule has 0 spiro atoms. The summed E-state index contributed by atoms with van der Waals surface area (Å²) in [5, 5.41) is 0.635. The van der Waals surface area contributed by atoms with Gasteiger partial charge in [-0.3, -0.25) is 0 Å². The molecule has 8 heavy (non-hydrogen) atoms. The fourth-order valence-electron chi connectivity index (χ4n) is 0.663. The average molecular weight is 131 g/mol. The smallest absolute Gasteiger partial charge is 0.259 e. The topological polar surface area (TPSA) is 12.5 Å². The SMILES string of the molecule is CN1CCCOC1=S. The zero-order valence-corrected chi connectivity index (χ0v) is 5.70. The quantitative estimate of drug-likeness (QED) is 0.447. The van der Waals surface area contributed by atoms with Crippen LogP contribution in [0.15, 0.2) is 0 Å². The first-order valence-electron chi connectivity index (χ1n) is 2.68. The molecular formula is C5H9NOS. The highest BCUT2D eigenvalue weighted by atomic mass is 32.1. The van der Waals surface area contributed by atoms with Crippen LogP contribution in [0.4, 0.5) is 0 Å². The summed E-state index contributed by atoms with van der Waals surface area (Å²) in [6.45, 7) is 1.84. The first-order chi connectivity index (χ1) is 3.80. The summed E-state index contributed by atoms with van der Waals surface area (Å²) in [5.74, 6) is 0. The maximum absolute atomic E-state index is 5.05. The van der Waals surface area contributed by atoms with Crippen LogP contribution in [0, 0.1) is 0 Å². The second-order valence-corrected chi connectivity index (χ2v) is 2.24. The molecule has 0 atom stereocenters. The molecule has 0 aromatic carbocycles. The molecule has 0 saturated carbocycles. The van der Waals surface area contributed by atoms with E-state index in [-0.39, 0.29) is 0 Å². The van der Waals surface area contributed by atoms with E-state index in [0.29, 0.717) is 5.17 Å². The Kier molecular flexibility index (Phi) is 1.68. The fraction of sp³-hybridized carbons (Fsp3) is 0.800. The molecule has 1 aliphatic heterocycles. The Bertz CT molecular complexity index is 105. The Labute approximate surface area is 54.4 Å². The molecule has 0 unspecified atom stereocenters. The van der Waals surface area contributed by atoms with Gasteiger partial charge in [0.1, 0.15) is 0 Å². The monoisotopic (exact) mass is 131 g/mol. The lowest BCUT2D eigenvalue weighted by Gasteiger charge is -2.24. The van der Waals surface area contributed by atoms with E-state index >= 15 is 0 Å². The van der Waals surface area contributed by atoms with Gasteiger partial charge < -0.3 is 9.64 Å². The average Bonchev–Trinajstić information content (AvgIpc) is 1.77. The predicted octanol–water partition coefficient (Wildman–Crippen LogP) is 0.623. The van der Waals surface area contributed by atoms with E-state index in [1.54, 1.807) is 0 Å². The van der Waals surface area contributed by atoms with Gasteiger partial charge in [-0.25, -0.2) is 0 Å². The molecule has 0 bridgehead atoms. The van der Waals surface area contributed by atoms with Crippen molar-refractivity contribution < 1.29 is 4.74 Å². The van der Waals surface area contributed by atoms with Gasteiger partial charge in [-0.05, 0) is 18.6 Å². The van der Waals surface area contributed by atoms with Crippen molar-refractivity contribution in [1.29, 1.82) is 0 Å². The van der Waals surface area contributed by atoms with E-state index in [0.717, 1.165) is 19.6 Å². The van der Waals surface area contributed by atoms with Crippen molar-refractivity contribution in [3.63, 3.8) is 0 Å². The van der Waals surface area contributed by atoms with E-state index in [2.05, 4.69) is 0 Å². The molecule has 1 aliphatic rings. The third-order valence-electron chi connectivity index (χ3n) is 1.18. The molecule has 46 valence electrons. The second-order valence-electron chi connectivity index (χ2n) is 1.89. The lowest BCUT2D eigenvalue weighted by atomic mass is 10.4. The summed E-state index contributed by atoms with van der Waals surface area (Å²) in [5.41, 5.74) is 0. The highest BCUT2D eigenvalue weighted by Crippen LogP contribution is 2.00. The van der Waals surface area contributed by atoms with E-state index in [9.17, 15) is 0 Å². The van der Waals surface area contributed by atoms with Crippen molar-refractivity contribution in [3.8, 4) is 0 Å². The van der Waals surface area contributed by atoms with Crippen LogP contribution >= 0.6 is 12.2 Å². The minimum absolute atomic E-state index is 0.635.